The van der Waals surface area contributed by atoms with E-state index in [1.54, 1.807) is 7.11 Å². The smallest absolute Gasteiger partial charge is 0.240 e. The summed E-state index contributed by atoms with van der Waals surface area (Å²) in [4.78, 5) is 13.6. The van der Waals surface area contributed by atoms with Gasteiger partial charge in [0.15, 0.2) is 0 Å². The quantitative estimate of drug-likeness (QED) is 0.789. The SMILES string of the molecule is CCc1noc(NC(=O)CN(C)CCOC)c1C. The lowest BCUT2D eigenvalue weighted by molar-refractivity contribution is -0.117. The molecule has 1 N–H and O–H groups in total. The molecular formula is C12H21N3O3. The number of amides is 1. The van der Waals surface area contributed by atoms with E-state index in [9.17, 15) is 4.79 Å². The minimum Gasteiger partial charge on any atom is -0.383 e. The van der Waals surface area contributed by atoms with Crippen molar-refractivity contribution in [1.82, 2.24) is 10.1 Å². The van der Waals surface area contributed by atoms with Gasteiger partial charge < -0.3 is 9.26 Å². The Kier molecular flexibility index (Phi) is 5.80. The lowest BCUT2D eigenvalue weighted by atomic mass is 10.2. The first-order valence-electron chi connectivity index (χ1n) is 6.01. The Balaban J connectivity index is 2.46. The Labute approximate surface area is 107 Å². The van der Waals surface area contributed by atoms with Crippen molar-refractivity contribution in [2.45, 2.75) is 20.3 Å². The van der Waals surface area contributed by atoms with Gasteiger partial charge in [-0.1, -0.05) is 12.1 Å². The third kappa shape index (κ3) is 4.12. The van der Waals surface area contributed by atoms with E-state index in [1.807, 2.05) is 25.8 Å². The van der Waals surface area contributed by atoms with Gasteiger partial charge in [0.2, 0.25) is 11.8 Å². The molecule has 0 saturated heterocycles. The average molecular weight is 255 g/mol. The molecule has 0 bridgehead atoms. The highest BCUT2D eigenvalue weighted by atomic mass is 16.5. The lowest BCUT2D eigenvalue weighted by Crippen LogP contribution is -2.32. The number of nitrogens with zero attached hydrogens (tertiary/aromatic N) is 2. The molecule has 0 fully saturated rings. The first-order valence-corrected chi connectivity index (χ1v) is 6.01. The predicted molar refractivity (Wildman–Crippen MR) is 68.6 cm³/mol. The van der Waals surface area contributed by atoms with Crippen LogP contribution in [0, 0.1) is 6.92 Å². The number of hydrogen-bond donors (Lipinski definition) is 1. The maximum atomic E-state index is 11.8. The number of aromatic nitrogens is 1. The van der Waals surface area contributed by atoms with Crippen LogP contribution in [0.1, 0.15) is 18.2 Å². The highest BCUT2D eigenvalue weighted by Gasteiger charge is 2.14. The number of methoxy groups -OCH3 is 1. The second kappa shape index (κ2) is 7.13. The van der Waals surface area contributed by atoms with Crippen LogP contribution in [-0.2, 0) is 16.0 Å². The summed E-state index contributed by atoms with van der Waals surface area (Å²) in [7, 11) is 3.50. The standard InChI is InChI=1S/C12H21N3O3/c1-5-10-9(2)12(18-14-10)13-11(16)8-15(3)6-7-17-4/h5-8H2,1-4H3,(H,13,16). The number of carbonyl (C=O) groups is 1. The average Bonchev–Trinajstić information content (AvgIpc) is 2.67. The summed E-state index contributed by atoms with van der Waals surface area (Å²) >= 11 is 0. The van der Waals surface area contributed by atoms with Crippen molar-refractivity contribution in [1.29, 1.82) is 0 Å². The Bertz CT molecular complexity index is 390. The molecule has 0 atom stereocenters. The van der Waals surface area contributed by atoms with Crippen LogP contribution in [0.25, 0.3) is 0 Å². The molecule has 0 radical (unpaired) electrons. The summed E-state index contributed by atoms with van der Waals surface area (Å²) < 4.78 is 10.0. The Morgan fingerprint density at radius 3 is 2.83 bits per heavy atom. The minimum atomic E-state index is -0.115. The number of anilines is 1. The monoisotopic (exact) mass is 255 g/mol. The molecule has 0 aliphatic carbocycles. The summed E-state index contributed by atoms with van der Waals surface area (Å²) in [6, 6.07) is 0. The molecular weight excluding hydrogens is 234 g/mol. The topological polar surface area (TPSA) is 67.6 Å². The molecule has 0 unspecified atom stereocenters. The van der Waals surface area contributed by atoms with E-state index < -0.39 is 0 Å². The molecule has 0 aliphatic rings. The molecule has 6 nitrogen and oxygen atoms in total. The summed E-state index contributed by atoms with van der Waals surface area (Å²) in [5.74, 6) is 0.326. The van der Waals surface area contributed by atoms with Gasteiger partial charge in [-0.25, -0.2) is 0 Å². The summed E-state index contributed by atoms with van der Waals surface area (Å²) in [5, 5.41) is 6.61. The van der Waals surface area contributed by atoms with Crippen LogP contribution in [-0.4, -0.2) is 49.8 Å². The van der Waals surface area contributed by atoms with Gasteiger partial charge in [0.25, 0.3) is 0 Å². The normalized spacial score (nSPS) is 10.9. The number of rotatable bonds is 7. The van der Waals surface area contributed by atoms with E-state index in [0.29, 0.717) is 25.6 Å². The van der Waals surface area contributed by atoms with E-state index in [1.165, 1.54) is 0 Å². The van der Waals surface area contributed by atoms with Gasteiger partial charge in [-0.15, -0.1) is 0 Å². The van der Waals surface area contributed by atoms with Crippen LogP contribution in [0.3, 0.4) is 0 Å². The van der Waals surface area contributed by atoms with Crippen molar-refractivity contribution in [3.8, 4) is 0 Å². The number of carbonyl (C=O) groups excluding carboxylic acids is 1. The minimum absolute atomic E-state index is 0.115. The first kappa shape index (κ1) is 14.7. The Morgan fingerprint density at radius 1 is 1.56 bits per heavy atom. The molecule has 1 amide bonds. The third-order valence-electron chi connectivity index (χ3n) is 2.70. The molecule has 1 aromatic rings. The van der Waals surface area contributed by atoms with Crippen molar-refractivity contribution < 1.29 is 14.1 Å². The van der Waals surface area contributed by atoms with Crippen molar-refractivity contribution in [3.05, 3.63) is 11.3 Å². The summed E-state index contributed by atoms with van der Waals surface area (Å²) in [5.41, 5.74) is 1.77. The number of ether oxygens (including phenoxy) is 1. The van der Waals surface area contributed by atoms with E-state index in [-0.39, 0.29) is 5.91 Å². The van der Waals surface area contributed by atoms with E-state index in [4.69, 9.17) is 9.26 Å². The maximum Gasteiger partial charge on any atom is 0.240 e. The van der Waals surface area contributed by atoms with Gasteiger partial charge in [0.1, 0.15) is 0 Å². The van der Waals surface area contributed by atoms with E-state index in [2.05, 4.69) is 10.5 Å². The van der Waals surface area contributed by atoms with Crippen LogP contribution < -0.4 is 5.32 Å². The maximum absolute atomic E-state index is 11.8. The number of aryl methyl sites for hydroxylation is 1. The zero-order valence-electron chi connectivity index (χ0n) is 11.4. The van der Waals surface area contributed by atoms with Crippen LogP contribution in [0.15, 0.2) is 4.52 Å². The lowest BCUT2D eigenvalue weighted by Gasteiger charge is -2.14. The van der Waals surface area contributed by atoms with Crippen molar-refractivity contribution in [2.24, 2.45) is 0 Å². The largest absolute Gasteiger partial charge is 0.383 e. The van der Waals surface area contributed by atoms with Crippen LogP contribution >= 0.6 is 0 Å². The number of nitrogens with one attached hydrogen (secondary N) is 1. The van der Waals surface area contributed by atoms with Crippen molar-refractivity contribution in [3.63, 3.8) is 0 Å². The molecule has 6 heteroatoms. The molecule has 1 rings (SSSR count). The second-order valence-electron chi connectivity index (χ2n) is 4.22. The highest BCUT2D eigenvalue weighted by Crippen LogP contribution is 2.18. The van der Waals surface area contributed by atoms with Gasteiger partial charge in [0, 0.05) is 19.2 Å². The fourth-order valence-corrected chi connectivity index (χ4v) is 1.55. The Morgan fingerprint density at radius 2 is 2.28 bits per heavy atom. The molecule has 1 aromatic heterocycles. The third-order valence-corrected chi connectivity index (χ3v) is 2.70. The van der Waals surface area contributed by atoms with Gasteiger partial charge in [-0.2, -0.15) is 0 Å². The van der Waals surface area contributed by atoms with Gasteiger partial charge in [-0.05, 0) is 20.4 Å². The zero-order valence-corrected chi connectivity index (χ0v) is 11.4. The molecule has 102 valence electrons. The second-order valence-corrected chi connectivity index (χ2v) is 4.22. The van der Waals surface area contributed by atoms with Crippen LogP contribution in [0.5, 0.6) is 0 Å². The van der Waals surface area contributed by atoms with Crippen molar-refractivity contribution in [2.75, 3.05) is 39.2 Å². The predicted octanol–water partition coefficient (Wildman–Crippen LogP) is 1.06. The molecule has 18 heavy (non-hydrogen) atoms. The summed E-state index contributed by atoms with van der Waals surface area (Å²) in [6.45, 7) is 5.49. The molecule has 1 heterocycles. The zero-order chi connectivity index (χ0) is 13.5. The van der Waals surface area contributed by atoms with Gasteiger partial charge in [-0.3, -0.25) is 15.0 Å². The van der Waals surface area contributed by atoms with Gasteiger partial charge >= 0.3 is 0 Å². The number of likely N-dealkylation sites (N-methyl/N-ethyl adjacent to an activating group) is 1. The first-order chi connectivity index (χ1) is 8.58. The summed E-state index contributed by atoms with van der Waals surface area (Å²) in [6.07, 6.45) is 0.791. The molecule has 0 aliphatic heterocycles. The fourth-order valence-electron chi connectivity index (χ4n) is 1.55. The highest BCUT2D eigenvalue weighted by molar-refractivity contribution is 5.91. The van der Waals surface area contributed by atoms with Crippen LogP contribution in [0.4, 0.5) is 5.88 Å². The molecule has 0 saturated carbocycles. The van der Waals surface area contributed by atoms with Crippen LogP contribution in [0.2, 0.25) is 0 Å². The van der Waals surface area contributed by atoms with Crippen molar-refractivity contribution >= 4 is 11.8 Å². The fraction of sp³-hybridized carbons (Fsp3) is 0.667. The van der Waals surface area contributed by atoms with E-state index in [0.717, 1.165) is 17.7 Å². The van der Waals surface area contributed by atoms with E-state index >= 15 is 0 Å². The number of hydrogen-bond acceptors (Lipinski definition) is 5. The molecule has 0 aromatic carbocycles. The molecule has 0 spiro atoms. The van der Waals surface area contributed by atoms with Gasteiger partial charge in [0.05, 0.1) is 18.8 Å². The Hall–Kier alpha value is -1.40.